The van der Waals surface area contributed by atoms with Crippen LogP contribution in [0.3, 0.4) is 0 Å². The van der Waals surface area contributed by atoms with Crippen molar-refractivity contribution in [2.75, 3.05) is 5.32 Å². The van der Waals surface area contributed by atoms with Crippen molar-refractivity contribution in [2.45, 2.75) is 20.4 Å². The molecule has 0 fully saturated rings. The Bertz CT molecular complexity index is 932. The first-order chi connectivity index (χ1) is 11.5. The molecule has 3 heterocycles. The summed E-state index contributed by atoms with van der Waals surface area (Å²) in [4.78, 5) is 40.2. The number of hydrogen-bond donors (Lipinski definition) is 1. The van der Waals surface area contributed by atoms with Gasteiger partial charge in [-0.15, -0.1) is 0 Å². The molecular weight excluding hydrogens is 312 g/mol. The molecule has 10 heteroatoms. The molecule has 3 aromatic rings. The maximum Gasteiger partial charge on any atom is 0.256 e. The maximum atomic E-state index is 12.1. The molecule has 0 aliphatic carbocycles. The quantitative estimate of drug-likeness (QED) is 0.709. The van der Waals surface area contributed by atoms with Crippen LogP contribution in [0, 0.1) is 13.8 Å². The number of aryl methyl sites for hydroxylation is 1. The normalized spacial score (nSPS) is 10.6. The first-order valence-corrected chi connectivity index (χ1v) is 7.04. The highest BCUT2D eigenvalue weighted by molar-refractivity contribution is 5.89. The van der Waals surface area contributed by atoms with Gasteiger partial charge in [-0.3, -0.25) is 14.2 Å². The fourth-order valence-corrected chi connectivity index (χ4v) is 1.99. The van der Waals surface area contributed by atoms with Crippen LogP contribution in [0.25, 0.3) is 5.82 Å². The lowest BCUT2D eigenvalue weighted by atomic mass is 10.3. The van der Waals surface area contributed by atoms with Crippen LogP contribution in [-0.4, -0.2) is 40.2 Å². The zero-order valence-corrected chi connectivity index (χ0v) is 13.0. The lowest BCUT2D eigenvalue weighted by Crippen LogP contribution is -2.30. The Kier molecular flexibility index (Phi) is 4.10. The Morgan fingerprint density at radius 2 is 2.00 bits per heavy atom. The fourth-order valence-electron chi connectivity index (χ4n) is 1.99. The third-order valence-electron chi connectivity index (χ3n) is 3.40. The molecule has 122 valence electrons. The monoisotopic (exact) mass is 326 g/mol. The molecular formula is C14H14N8O2. The second-order valence-corrected chi connectivity index (χ2v) is 5.04. The molecule has 3 rings (SSSR count). The van der Waals surface area contributed by atoms with Crippen molar-refractivity contribution in [3.8, 4) is 5.82 Å². The van der Waals surface area contributed by atoms with Crippen molar-refractivity contribution in [1.82, 2.24) is 34.3 Å². The highest BCUT2D eigenvalue weighted by Crippen LogP contribution is 2.07. The number of amides is 1. The number of anilines is 1. The van der Waals surface area contributed by atoms with E-state index in [1.165, 1.54) is 34.6 Å². The molecule has 0 aliphatic rings. The number of aromatic nitrogens is 7. The molecule has 0 unspecified atom stereocenters. The number of carbonyl (C=O) groups excluding carboxylic acids is 1. The van der Waals surface area contributed by atoms with E-state index in [9.17, 15) is 9.59 Å². The summed E-state index contributed by atoms with van der Waals surface area (Å²) in [5, 5.41) is 6.57. The minimum absolute atomic E-state index is 0.157. The highest BCUT2D eigenvalue weighted by Gasteiger charge is 2.10. The average molecular weight is 326 g/mol. The van der Waals surface area contributed by atoms with Gasteiger partial charge in [-0.05, 0) is 13.8 Å². The predicted octanol–water partition coefficient (Wildman–Crippen LogP) is -0.130. The lowest BCUT2D eigenvalue weighted by Gasteiger charge is -2.08. The molecule has 0 spiro atoms. The van der Waals surface area contributed by atoms with Crippen molar-refractivity contribution < 1.29 is 4.79 Å². The van der Waals surface area contributed by atoms with Crippen molar-refractivity contribution in [1.29, 1.82) is 0 Å². The first kappa shape index (κ1) is 15.5. The van der Waals surface area contributed by atoms with E-state index in [1.807, 2.05) is 0 Å². The molecule has 0 radical (unpaired) electrons. The first-order valence-electron chi connectivity index (χ1n) is 7.04. The largest absolute Gasteiger partial charge is 0.309 e. The van der Waals surface area contributed by atoms with Gasteiger partial charge in [0.15, 0.2) is 5.82 Å². The van der Waals surface area contributed by atoms with Crippen LogP contribution in [0.4, 0.5) is 5.82 Å². The number of hydrogen-bond acceptors (Lipinski definition) is 7. The summed E-state index contributed by atoms with van der Waals surface area (Å²) in [5.74, 6) is 0.360. The minimum Gasteiger partial charge on any atom is -0.309 e. The van der Waals surface area contributed by atoms with E-state index in [0.717, 1.165) is 0 Å². The highest BCUT2D eigenvalue weighted by atomic mass is 16.2. The lowest BCUT2D eigenvalue weighted by molar-refractivity contribution is -0.116. The van der Waals surface area contributed by atoms with Gasteiger partial charge in [0.25, 0.3) is 5.56 Å². The van der Waals surface area contributed by atoms with Crippen molar-refractivity contribution in [2.24, 2.45) is 0 Å². The van der Waals surface area contributed by atoms with Crippen LogP contribution in [0.15, 0.2) is 36.2 Å². The minimum atomic E-state index is -0.398. The fraction of sp³-hybridized carbons (Fsp3) is 0.214. The van der Waals surface area contributed by atoms with Gasteiger partial charge in [-0.2, -0.15) is 5.10 Å². The summed E-state index contributed by atoms with van der Waals surface area (Å²) in [6.07, 6.45) is 5.51. The van der Waals surface area contributed by atoms with E-state index in [1.54, 1.807) is 19.9 Å². The second-order valence-electron chi connectivity index (χ2n) is 5.04. The summed E-state index contributed by atoms with van der Waals surface area (Å²) < 4.78 is 2.69. The predicted molar refractivity (Wildman–Crippen MR) is 83.5 cm³/mol. The van der Waals surface area contributed by atoms with E-state index in [4.69, 9.17) is 0 Å². The molecule has 0 aliphatic heterocycles. The van der Waals surface area contributed by atoms with Gasteiger partial charge in [-0.1, -0.05) is 0 Å². The molecule has 0 saturated carbocycles. The Balaban J connectivity index is 1.75. The van der Waals surface area contributed by atoms with E-state index in [-0.39, 0.29) is 12.1 Å². The molecule has 3 aromatic heterocycles. The van der Waals surface area contributed by atoms with Gasteiger partial charge < -0.3 is 5.32 Å². The number of rotatable bonds is 4. The van der Waals surface area contributed by atoms with Gasteiger partial charge in [0.05, 0.1) is 6.33 Å². The van der Waals surface area contributed by atoms with Crippen LogP contribution in [0.2, 0.25) is 0 Å². The molecule has 1 amide bonds. The SMILES string of the molecule is Cc1ncn(CC(=O)Nc2cc(-n3cncn3)ncn2)c(=O)c1C. The average Bonchev–Trinajstić information content (AvgIpc) is 3.10. The van der Waals surface area contributed by atoms with Crippen molar-refractivity contribution in [3.05, 3.63) is 53.0 Å². The summed E-state index contributed by atoms with van der Waals surface area (Å²) >= 11 is 0. The van der Waals surface area contributed by atoms with Crippen LogP contribution in [0.5, 0.6) is 0 Å². The Hall–Kier alpha value is -3.43. The molecule has 0 aromatic carbocycles. The summed E-state index contributed by atoms with van der Waals surface area (Å²) in [7, 11) is 0. The van der Waals surface area contributed by atoms with Gasteiger partial charge >= 0.3 is 0 Å². The number of carbonyl (C=O) groups is 1. The topological polar surface area (TPSA) is 120 Å². The van der Waals surface area contributed by atoms with E-state index < -0.39 is 5.91 Å². The smallest absolute Gasteiger partial charge is 0.256 e. The molecule has 0 saturated heterocycles. The third-order valence-corrected chi connectivity index (χ3v) is 3.40. The Labute approximate surface area is 136 Å². The van der Waals surface area contributed by atoms with Crippen LogP contribution in [0.1, 0.15) is 11.3 Å². The maximum absolute atomic E-state index is 12.1. The third kappa shape index (κ3) is 3.16. The van der Waals surface area contributed by atoms with Crippen LogP contribution < -0.4 is 10.9 Å². The zero-order valence-electron chi connectivity index (χ0n) is 13.0. The standard InChI is InChI=1S/C14H14N8O2/c1-9-10(2)18-8-21(14(9)24)4-13(23)20-11-3-12(17-6-16-11)22-7-15-5-19-22/h3,5-8H,4H2,1-2H3,(H,16,17,20,23). The van der Waals surface area contributed by atoms with E-state index >= 15 is 0 Å². The zero-order chi connectivity index (χ0) is 17.1. The van der Waals surface area contributed by atoms with Gasteiger partial charge in [0, 0.05) is 17.3 Å². The summed E-state index contributed by atoms with van der Waals surface area (Å²) in [5.41, 5.74) is 0.911. The molecule has 10 nitrogen and oxygen atoms in total. The van der Waals surface area contributed by atoms with Crippen LogP contribution >= 0.6 is 0 Å². The van der Waals surface area contributed by atoms with Gasteiger partial charge in [0.2, 0.25) is 5.91 Å². The van der Waals surface area contributed by atoms with Crippen molar-refractivity contribution >= 4 is 11.7 Å². The van der Waals surface area contributed by atoms with E-state index in [0.29, 0.717) is 22.9 Å². The Morgan fingerprint density at radius 1 is 1.17 bits per heavy atom. The molecule has 24 heavy (non-hydrogen) atoms. The molecule has 0 atom stereocenters. The molecule has 1 N–H and O–H groups in total. The van der Waals surface area contributed by atoms with E-state index in [2.05, 4.69) is 30.4 Å². The summed E-state index contributed by atoms with van der Waals surface area (Å²) in [6.45, 7) is 3.26. The van der Waals surface area contributed by atoms with Gasteiger partial charge in [-0.25, -0.2) is 24.6 Å². The summed E-state index contributed by atoms with van der Waals surface area (Å²) in [6, 6.07) is 1.55. The number of nitrogens with zero attached hydrogens (tertiary/aromatic N) is 7. The van der Waals surface area contributed by atoms with Crippen molar-refractivity contribution in [3.63, 3.8) is 0 Å². The molecule has 0 bridgehead atoms. The number of nitrogens with one attached hydrogen (secondary N) is 1. The van der Waals surface area contributed by atoms with Gasteiger partial charge in [0.1, 0.15) is 31.3 Å². The Morgan fingerprint density at radius 3 is 2.75 bits per heavy atom. The second kappa shape index (κ2) is 6.36. The van der Waals surface area contributed by atoms with Crippen LogP contribution in [-0.2, 0) is 11.3 Å².